The number of methoxy groups -OCH3 is 1. The Morgan fingerprint density at radius 2 is 1.82 bits per heavy atom. The second kappa shape index (κ2) is 7.07. The van der Waals surface area contributed by atoms with E-state index >= 15 is 0 Å². The van der Waals surface area contributed by atoms with E-state index in [1.807, 2.05) is 0 Å². The van der Waals surface area contributed by atoms with Gasteiger partial charge in [0, 0.05) is 37.8 Å². The lowest BCUT2D eigenvalue weighted by Gasteiger charge is -2.31. The SMILES string of the molecule is CCC(=O)C1=C(CC2=CC(=O)OC(C)(C)O2)C(=O)c2cccc(OC)c2C1=O. The molecule has 0 spiro atoms. The highest BCUT2D eigenvalue weighted by molar-refractivity contribution is 6.37. The lowest BCUT2D eigenvalue weighted by molar-refractivity contribution is -0.205. The molecule has 0 atom stereocenters. The Hall–Kier alpha value is -3.22. The van der Waals surface area contributed by atoms with E-state index in [2.05, 4.69) is 0 Å². The second-order valence-electron chi connectivity index (χ2n) is 6.88. The van der Waals surface area contributed by atoms with E-state index in [-0.39, 0.29) is 46.6 Å². The first kappa shape index (κ1) is 19.5. The number of ketones is 3. The summed E-state index contributed by atoms with van der Waals surface area (Å²) in [5.74, 6) is -2.92. The molecule has 0 saturated heterocycles. The standard InChI is InChI=1S/C21H20O7/c1-5-14(22)17-13(9-11-10-16(23)28-21(2,3)27-11)19(24)12-7-6-8-15(26-4)18(12)20(17)25/h6-8,10H,5,9H2,1-4H3. The number of fused-ring (bicyclic) bond motifs is 1. The van der Waals surface area contributed by atoms with Crippen LogP contribution in [-0.4, -0.2) is 36.2 Å². The predicted octanol–water partition coefficient (Wildman–Crippen LogP) is 2.93. The van der Waals surface area contributed by atoms with Gasteiger partial charge in [-0.15, -0.1) is 0 Å². The molecule has 1 aliphatic carbocycles. The van der Waals surface area contributed by atoms with Gasteiger partial charge in [-0.1, -0.05) is 19.1 Å². The van der Waals surface area contributed by atoms with E-state index < -0.39 is 29.1 Å². The molecular weight excluding hydrogens is 364 g/mol. The van der Waals surface area contributed by atoms with Gasteiger partial charge in [-0.25, -0.2) is 4.79 Å². The maximum absolute atomic E-state index is 13.2. The number of carbonyl (C=O) groups excluding carboxylic acids is 4. The largest absolute Gasteiger partial charge is 0.496 e. The molecule has 1 aromatic rings. The van der Waals surface area contributed by atoms with Gasteiger partial charge in [0.05, 0.1) is 24.3 Å². The number of benzene rings is 1. The normalized spacial score (nSPS) is 18.1. The van der Waals surface area contributed by atoms with Gasteiger partial charge in [-0.05, 0) is 6.07 Å². The van der Waals surface area contributed by atoms with Crippen molar-refractivity contribution in [3.05, 3.63) is 52.3 Å². The van der Waals surface area contributed by atoms with E-state index in [1.165, 1.54) is 13.2 Å². The van der Waals surface area contributed by atoms with Crippen molar-refractivity contribution in [3.63, 3.8) is 0 Å². The van der Waals surface area contributed by atoms with Gasteiger partial charge in [0.2, 0.25) is 11.6 Å². The minimum atomic E-state index is -1.21. The average molecular weight is 384 g/mol. The zero-order valence-electron chi connectivity index (χ0n) is 16.1. The number of allylic oxidation sites excluding steroid dienone is 2. The highest BCUT2D eigenvalue weighted by atomic mass is 16.7. The fraction of sp³-hybridized carbons (Fsp3) is 0.333. The summed E-state index contributed by atoms with van der Waals surface area (Å²) in [6.07, 6.45) is 1.00. The molecule has 0 aromatic heterocycles. The van der Waals surface area contributed by atoms with Crippen LogP contribution in [0.4, 0.5) is 0 Å². The van der Waals surface area contributed by atoms with Crippen LogP contribution in [0.5, 0.6) is 5.75 Å². The van der Waals surface area contributed by atoms with E-state index in [9.17, 15) is 19.2 Å². The molecule has 1 heterocycles. The Morgan fingerprint density at radius 1 is 1.11 bits per heavy atom. The van der Waals surface area contributed by atoms with E-state index in [1.54, 1.807) is 32.9 Å². The maximum atomic E-state index is 13.2. The van der Waals surface area contributed by atoms with Crippen LogP contribution in [0.3, 0.4) is 0 Å². The maximum Gasteiger partial charge on any atom is 0.337 e. The summed E-state index contributed by atoms with van der Waals surface area (Å²) in [7, 11) is 1.39. The predicted molar refractivity (Wildman–Crippen MR) is 97.9 cm³/mol. The zero-order valence-corrected chi connectivity index (χ0v) is 16.1. The quantitative estimate of drug-likeness (QED) is 0.569. The Balaban J connectivity index is 2.14. The van der Waals surface area contributed by atoms with Crippen LogP contribution in [0, 0.1) is 0 Å². The van der Waals surface area contributed by atoms with Crippen LogP contribution in [0.25, 0.3) is 0 Å². The first-order chi connectivity index (χ1) is 13.2. The van der Waals surface area contributed by atoms with Crippen LogP contribution >= 0.6 is 0 Å². The monoisotopic (exact) mass is 384 g/mol. The van der Waals surface area contributed by atoms with E-state index in [0.717, 1.165) is 6.08 Å². The van der Waals surface area contributed by atoms with Crippen LogP contribution < -0.4 is 4.74 Å². The van der Waals surface area contributed by atoms with Crippen molar-refractivity contribution in [2.75, 3.05) is 7.11 Å². The first-order valence-corrected chi connectivity index (χ1v) is 8.83. The van der Waals surface area contributed by atoms with Crippen molar-refractivity contribution in [3.8, 4) is 5.75 Å². The summed E-state index contributed by atoms with van der Waals surface area (Å²) in [4.78, 5) is 50.6. The summed E-state index contributed by atoms with van der Waals surface area (Å²) < 4.78 is 15.9. The first-order valence-electron chi connectivity index (χ1n) is 8.83. The van der Waals surface area contributed by atoms with Gasteiger partial charge in [0.25, 0.3) is 0 Å². The van der Waals surface area contributed by atoms with Crippen LogP contribution in [-0.2, 0) is 19.1 Å². The Morgan fingerprint density at radius 3 is 2.43 bits per heavy atom. The number of carbonyl (C=O) groups is 4. The number of Topliss-reactive ketones (excluding diaryl/α,β-unsaturated/α-hetero) is 3. The van der Waals surface area contributed by atoms with Gasteiger partial charge in [0.1, 0.15) is 11.5 Å². The molecule has 1 aliphatic heterocycles. The molecule has 0 amide bonds. The van der Waals surface area contributed by atoms with Crippen molar-refractivity contribution in [2.24, 2.45) is 0 Å². The van der Waals surface area contributed by atoms with Crippen LogP contribution in [0.15, 0.2) is 41.2 Å². The molecule has 0 bridgehead atoms. The molecule has 0 saturated carbocycles. The van der Waals surface area contributed by atoms with Gasteiger partial charge in [-0.2, -0.15) is 0 Å². The molecule has 7 heteroatoms. The highest BCUT2D eigenvalue weighted by Gasteiger charge is 2.39. The third-order valence-electron chi connectivity index (χ3n) is 4.47. The summed E-state index contributed by atoms with van der Waals surface area (Å²) in [5.41, 5.74) is 0.0548. The molecule has 2 aliphatic rings. The molecule has 1 aromatic carbocycles. The van der Waals surface area contributed by atoms with E-state index in [4.69, 9.17) is 14.2 Å². The summed E-state index contributed by atoms with van der Waals surface area (Å²) >= 11 is 0. The smallest absolute Gasteiger partial charge is 0.337 e. The Bertz CT molecular complexity index is 963. The van der Waals surface area contributed by atoms with Crippen molar-refractivity contribution in [1.29, 1.82) is 0 Å². The topological polar surface area (TPSA) is 96.0 Å². The molecule has 7 nitrogen and oxygen atoms in total. The van der Waals surface area contributed by atoms with Gasteiger partial charge in [-0.3, -0.25) is 14.4 Å². The van der Waals surface area contributed by atoms with Gasteiger partial charge < -0.3 is 14.2 Å². The number of hydrogen-bond donors (Lipinski definition) is 0. The summed E-state index contributed by atoms with van der Waals surface area (Å²) in [6.45, 7) is 4.72. The molecule has 146 valence electrons. The van der Waals surface area contributed by atoms with E-state index in [0.29, 0.717) is 0 Å². The third-order valence-corrected chi connectivity index (χ3v) is 4.47. The minimum Gasteiger partial charge on any atom is -0.496 e. The van der Waals surface area contributed by atoms with Crippen LogP contribution in [0.2, 0.25) is 0 Å². The number of esters is 1. The third kappa shape index (κ3) is 3.35. The molecule has 0 fully saturated rings. The molecule has 0 radical (unpaired) electrons. The molecule has 0 N–H and O–H groups in total. The second-order valence-corrected chi connectivity index (χ2v) is 6.88. The molecule has 3 rings (SSSR count). The van der Waals surface area contributed by atoms with Gasteiger partial charge in [0.15, 0.2) is 11.6 Å². The van der Waals surface area contributed by atoms with Gasteiger partial charge >= 0.3 is 5.97 Å². The number of ether oxygens (including phenoxy) is 3. The molecular formula is C21H20O7. The van der Waals surface area contributed by atoms with Crippen molar-refractivity contribution >= 4 is 23.3 Å². The zero-order chi connectivity index (χ0) is 20.6. The highest BCUT2D eigenvalue weighted by Crippen LogP contribution is 2.37. The number of cyclic esters (lactones) is 1. The Kier molecular flexibility index (Phi) is 4.93. The summed E-state index contributed by atoms with van der Waals surface area (Å²) in [5, 5.41) is 0. The average Bonchev–Trinajstić information content (AvgIpc) is 2.63. The summed E-state index contributed by atoms with van der Waals surface area (Å²) in [6, 6.07) is 4.68. The lowest BCUT2D eigenvalue weighted by atomic mass is 9.80. The van der Waals surface area contributed by atoms with Crippen LogP contribution in [0.1, 0.15) is 54.3 Å². The molecule has 28 heavy (non-hydrogen) atoms. The Labute approximate surface area is 162 Å². The minimum absolute atomic E-state index is 0.00866. The van der Waals surface area contributed by atoms with Crippen molar-refractivity contribution in [2.45, 2.75) is 39.4 Å². The fourth-order valence-electron chi connectivity index (χ4n) is 3.33. The number of rotatable bonds is 5. The lowest BCUT2D eigenvalue weighted by Crippen LogP contribution is -2.35. The van der Waals surface area contributed by atoms with Crippen molar-refractivity contribution < 1.29 is 33.4 Å². The fourth-order valence-corrected chi connectivity index (χ4v) is 3.33. The number of hydrogen-bond acceptors (Lipinski definition) is 7. The van der Waals surface area contributed by atoms with Crippen molar-refractivity contribution in [1.82, 2.24) is 0 Å². The molecule has 0 unspecified atom stereocenters.